The smallest absolute Gasteiger partial charge is 0.295 e. The predicted molar refractivity (Wildman–Crippen MR) is 94.2 cm³/mol. The Kier molecular flexibility index (Phi) is 5.15. The SMILES string of the molecule is C[NH+](C)CCN1C(=O)C(=O)C(=C([O-])c2ccc(Cl)cc2)C1c1ccco1. The maximum atomic E-state index is 13.0. The van der Waals surface area contributed by atoms with Gasteiger partial charge in [0.2, 0.25) is 5.78 Å². The largest absolute Gasteiger partial charge is 0.872 e. The number of likely N-dealkylation sites (N-methyl/N-ethyl adjacent to an activating group) is 1. The van der Waals surface area contributed by atoms with Crippen molar-refractivity contribution in [1.29, 1.82) is 0 Å². The monoisotopic (exact) mass is 374 g/mol. The van der Waals surface area contributed by atoms with E-state index in [0.717, 1.165) is 4.90 Å². The Labute approximate surface area is 156 Å². The van der Waals surface area contributed by atoms with Gasteiger partial charge in [0, 0.05) is 10.6 Å². The van der Waals surface area contributed by atoms with E-state index in [9.17, 15) is 14.7 Å². The molecule has 1 aliphatic heterocycles. The van der Waals surface area contributed by atoms with Crippen molar-refractivity contribution in [3.63, 3.8) is 0 Å². The number of carbonyl (C=O) groups is 2. The van der Waals surface area contributed by atoms with E-state index in [2.05, 4.69) is 0 Å². The first-order valence-corrected chi connectivity index (χ1v) is 8.62. The van der Waals surface area contributed by atoms with Crippen molar-refractivity contribution in [1.82, 2.24) is 4.90 Å². The molecule has 1 N–H and O–H groups in total. The Bertz CT molecular complexity index is 841. The van der Waals surface area contributed by atoms with Gasteiger partial charge in [0.05, 0.1) is 33.4 Å². The van der Waals surface area contributed by atoms with Gasteiger partial charge < -0.3 is 19.3 Å². The highest BCUT2D eigenvalue weighted by atomic mass is 35.5. The highest BCUT2D eigenvalue weighted by molar-refractivity contribution is 6.46. The van der Waals surface area contributed by atoms with E-state index >= 15 is 0 Å². The predicted octanol–water partition coefficient (Wildman–Crippen LogP) is 0.302. The number of hydrogen-bond acceptors (Lipinski definition) is 4. The summed E-state index contributed by atoms with van der Waals surface area (Å²) >= 11 is 5.87. The summed E-state index contributed by atoms with van der Waals surface area (Å²) in [7, 11) is 3.90. The summed E-state index contributed by atoms with van der Waals surface area (Å²) in [5.74, 6) is -1.54. The van der Waals surface area contributed by atoms with Gasteiger partial charge in [0.1, 0.15) is 11.8 Å². The summed E-state index contributed by atoms with van der Waals surface area (Å²) in [4.78, 5) is 27.7. The minimum Gasteiger partial charge on any atom is -0.872 e. The topological polar surface area (TPSA) is 78.0 Å². The fourth-order valence-corrected chi connectivity index (χ4v) is 3.07. The van der Waals surface area contributed by atoms with Gasteiger partial charge in [-0.3, -0.25) is 9.59 Å². The van der Waals surface area contributed by atoms with Gasteiger partial charge in [-0.2, -0.15) is 0 Å². The Balaban J connectivity index is 2.09. The van der Waals surface area contributed by atoms with Crippen LogP contribution in [0.3, 0.4) is 0 Å². The lowest BCUT2D eigenvalue weighted by molar-refractivity contribution is -0.857. The first-order chi connectivity index (χ1) is 12.4. The van der Waals surface area contributed by atoms with Crippen LogP contribution in [0.15, 0.2) is 52.7 Å². The minimum absolute atomic E-state index is 0.0824. The summed E-state index contributed by atoms with van der Waals surface area (Å²) in [6.07, 6.45) is 1.46. The zero-order valence-corrected chi connectivity index (χ0v) is 15.2. The second kappa shape index (κ2) is 7.35. The molecule has 1 amide bonds. The first kappa shape index (κ1) is 18.2. The van der Waals surface area contributed by atoms with Gasteiger partial charge in [-0.05, 0) is 29.8 Å². The molecule has 1 atom stereocenters. The van der Waals surface area contributed by atoms with Crippen molar-refractivity contribution in [3.05, 3.63) is 64.6 Å². The third kappa shape index (κ3) is 3.38. The highest BCUT2D eigenvalue weighted by Gasteiger charge is 2.45. The Morgan fingerprint density at radius 3 is 2.50 bits per heavy atom. The fraction of sp³-hybridized carbons (Fsp3) is 0.263. The van der Waals surface area contributed by atoms with Gasteiger partial charge in [0.15, 0.2) is 0 Å². The summed E-state index contributed by atoms with van der Waals surface area (Å²) in [5, 5.41) is 13.5. The number of nitrogens with zero attached hydrogens (tertiary/aromatic N) is 1. The van der Waals surface area contributed by atoms with E-state index in [4.69, 9.17) is 16.0 Å². The summed E-state index contributed by atoms with van der Waals surface area (Å²) in [6.45, 7) is 0.980. The lowest BCUT2D eigenvalue weighted by Gasteiger charge is -2.25. The molecule has 0 aliphatic carbocycles. The summed E-state index contributed by atoms with van der Waals surface area (Å²) in [5.41, 5.74) is 0.225. The van der Waals surface area contributed by atoms with E-state index in [1.54, 1.807) is 36.4 Å². The number of quaternary nitrogens is 1. The third-order valence-corrected chi connectivity index (χ3v) is 4.55. The maximum Gasteiger partial charge on any atom is 0.295 e. The molecule has 1 unspecified atom stereocenters. The molecular weight excluding hydrogens is 356 g/mol. The number of nitrogens with one attached hydrogen (secondary N) is 1. The van der Waals surface area contributed by atoms with Crippen LogP contribution in [0.4, 0.5) is 0 Å². The first-order valence-electron chi connectivity index (χ1n) is 8.25. The number of furan rings is 1. The van der Waals surface area contributed by atoms with Crippen LogP contribution >= 0.6 is 11.6 Å². The van der Waals surface area contributed by atoms with Crippen molar-refractivity contribution in [3.8, 4) is 0 Å². The number of halogens is 1. The second-order valence-electron chi connectivity index (χ2n) is 6.45. The number of Topliss-reactive ketones (excluding diaryl/α,β-unsaturated/α-hetero) is 1. The number of carbonyl (C=O) groups excluding carboxylic acids is 2. The molecule has 136 valence electrons. The molecule has 0 spiro atoms. The third-order valence-electron chi connectivity index (χ3n) is 4.30. The van der Waals surface area contributed by atoms with Crippen LogP contribution in [0.25, 0.3) is 5.76 Å². The standard InChI is InChI=1S/C19H19ClN2O4/c1-21(2)9-10-22-16(14-4-3-11-26-14)15(18(24)19(22)25)17(23)12-5-7-13(20)8-6-12/h3-8,11,16,23H,9-10H2,1-2H3. The molecule has 0 bridgehead atoms. The number of hydrogen-bond donors (Lipinski definition) is 1. The van der Waals surface area contributed by atoms with Gasteiger partial charge in [-0.1, -0.05) is 29.5 Å². The summed E-state index contributed by atoms with van der Waals surface area (Å²) in [6, 6.07) is 8.76. The molecule has 1 fully saturated rings. The van der Waals surface area contributed by atoms with Crippen molar-refractivity contribution in [2.45, 2.75) is 6.04 Å². The molecule has 2 heterocycles. The summed E-state index contributed by atoms with van der Waals surface area (Å²) < 4.78 is 5.44. The lowest BCUT2D eigenvalue weighted by atomic mass is 9.99. The average Bonchev–Trinajstić information content (AvgIpc) is 3.21. The van der Waals surface area contributed by atoms with Crippen LogP contribution in [0, 0.1) is 0 Å². The molecule has 1 saturated heterocycles. The van der Waals surface area contributed by atoms with Crippen LogP contribution in [-0.4, -0.2) is 43.8 Å². The van der Waals surface area contributed by atoms with Crippen molar-refractivity contribution >= 4 is 29.1 Å². The average molecular weight is 375 g/mol. The molecule has 7 heteroatoms. The van der Waals surface area contributed by atoms with E-state index in [1.807, 2.05) is 14.1 Å². The second-order valence-corrected chi connectivity index (χ2v) is 6.89. The molecular formula is C19H19ClN2O4. The maximum absolute atomic E-state index is 13.0. The molecule has 1 aromatic carbocycles. The van der Waals surface area contributed by atoms with Gasteiger partial charge in [-0.15, -0.1) is 0 Å². The number of ketones is 1. The minimum atomic E-state index is -0.812. The number of rotatable bonds is 5. The van der Waals surface area contributed by atoms with Crippen LogP contribution in [0.5, 0.6) is 0 Å². The van der Waals surface area contributed by atoms with Crippen LogP contribution < -0.4 is 10.0 Å². The Morgan fingerprint density at radius 1 is 1.23 bits per heavy atom. The zero-order chi connectivity index (χ0) is 18.8. The number of likely N-dealkylation sites (tertiary alicyclic amines) is 1. The number of benzene rings is 1. The lowest BCUT2D eigenvalue weighted by Crippen LogP contribution is -3.06. The van der Waals surface area contributed by atoms with E-state index in [0.29, 0.717) is 29.4 Å². The van der Waals surface area contributed by atoms with Crippen molar-refractivity contribution in [2.75, 3.05) is 27.2 Å². The van der Waals surface area contributed by atoms with Crippen LogP contribution in [-0.2, 0) is 9.59 Å². The molecule has 1 aliphatic rings. The quantitative estimate of drug-likeness (QED) is 0.464. The van der Waals surface area contributed by atoms with E-state index in [-0.39, 0.29) is 5.57 Å². The molecule has 0 radical (unpaired) electrons. The fourth-order valence-electron chi connectivity index (χ4n) is 2.94. The zero-order valence-electron chi connectivity index (χ0n) is 14.5. The van der Waals surface area contributed by atoms with Gasteiger partial charge >= 0.3 is 0 Å². The van der Waals surface area contributed by atoms with Gasteiger partial charge in [0.25, 0.3) is 5.91 Å². The van der Waals surface area contributed by atoms with E-state index < -0.39 is 23.5 Å². The molecule has 26 heavy (non-hydrogen) atoms. The Morgan fingerprint density at radius 2 is 1.92 bits per heavy atom. The molecule has 2 aromatic rings. The van der Waals surface area contributed by atoms with Gasteiger partial charge in [-0.25, -0.2) is 0 Å². The van der Waals surface area contributed by atoms with Crippen molar-refractivity contribution in [2.24, 2.45) is 0 Å². The highest BCUT2D eigenvalue weighted by Crippen LogP contribution is 2.38. The van der Waals surface area contributed by atoms with Crippen LogP contribution in [0.1, 0.15) is 17.4 Å². The van der Waals surface area contributed by atoms with Crippen LogP contribution in [0.2, 0.25) is 5.02 Å². The molecule has 3 rings (SSSR count). The number of amides is 1. The normalized spacial score (nSPS) is 19.5. The molecule has 1 aromatic heterocycles. The molecule has 6 nitrogen and oxygen atoms in total. The van der Waals surface area contributed by atoms with Crippen molar-refractivity contribution < 1.29 is 24.0 Å². The Hall–Kier alpha value is -2.57. The van der Waals surface area contributed by atoms with E-state index in [1.165, 1.54) is 11.2 Å². The molecule has 0 saturated carbocycles.